The zero-order valence-corrected chi connectivity index (χ0v) is 24.7. The van der Waals surface area contributed by atoms with Gasteiger partial charge in [0, 0.05) is 44.8 Å². The Hall–Kier alpha value is -2.59. The molecule has 2 aliphatic carbocycles. The molecule has 6 rings (SSSR count). The summed E-state index contributed by atoms with van der Waals surface area (Å²) >= 11 is 0. The molecule has 4 heteroatoms. The molecule has 2 aromatic rings. The number of benzene rings is 2. The third-order valence-corrected chi connectivity index (χ3v) is 9.23. The highest BCUT2D eigenvalue weighted by atomic mass is 16.5. The van der Waals surface area contributed by atoms with Gasteiger partial charge in [0.2, 0.25) is 5.91 Å². The molecule has 0 bridgehead atoms. The molecule has 0 radical (unpaired) electrons. The van der Waals surface area contributed by atoms with Gasteiger partial charge in [-0.25, -0.2) is 0 Å². The van der Waals surface area contributed by atoms with E-state index in [-0.39, 0.29) is 19.3 Å². The summed E-state index contributed by atoms with van der Waals surface area (Å²) in [6, 6.07) is 15.7. The van der Waals surface area contributed by atoms with Gasteiger partial charge in [-0.2, -0.15) is 0 Å². The predicted molar refractivity (Wildman–Crippen MR) is 162 cm³/mol. The van der Waals surface area contributed by atoms with Gasteiger partial charge in [-0.3, -0.25) is 4.79 Å². The summed E-state index contributed by atoms with van der Waals surface area (Å²) in [5.74, 6) is 2.81. The number of rotatable bonds is 3. The average Bonchev–Trinajstić information content (AvgIpc) is 3.83. The number of fused-ring (bicyclic) bond motifs is 2. The van der Waals surface area contributed by atoms with Crippen LogP contribution in [0.25, 0.3) is 0 Å². The van der Waals surface area contributed by atoms with Crippen LogP contribution in [0.4, 0.5) is 11.4 Å². The maximum atomic E-state index is 12.2. The summed E-state index contributed by atoms with van der Waals surface area (Å²) in [7, 11) is 0. The van der Waals surface area contributed by atoms with E-state index in [4.69, 9.17) is 4.74 Å². The lowest BCUT2D eigenvalue weighted by molar-refractivity contribution is -0.117. The molecule has 0 aromatic heterocycles. The molecular formula is C34H50N2O2. The molecule has 208 valence electrons. The molecule has 3 fully saturated rings. The van der Waals surface area contributed by atoms with E-state index in [1.54, 1.807) is 12.5 Å². The summed E-state index contributed by atoms with van der Waals surface area (Å²) in [5.41, 5.74) is 6.98. The van der Waals surface area contributed by atoms with Crippen LogP contribution in [0, 0.1) is 24.7 Å². The molecule has 2 unspecified atom stereocenters. The molecule has 0 N–H and O–H groups in total. The lowest BCUT2D eigenvalue weighted by Gasteiger charge is -2.43. The molecule has 0 spiro atoms. The first-order valence-corrected chi connectivity index (χ1v) is 14.6. The SMILES string of the molecule is C=C[C@H]1c2cc(N3CCOCC3)ccc2N(C(C)=O)[C@@H](C)[C@@H]1C.CCC.Cc1ccc(C2(C)C3CC32)cc1.[HH]. The fourth-order valence-electron chi connectivity index (χ4n) is 6.45. The number of hydrogen-bond acceptors (Lipinski definition) is 3. The lowest BCUT2D eigenvalue weighted by atomic mass is 9.77. The fourth-order valence-corrected chi connectivity index (χ4v) is 6.45. The third kappa shape index (κ3) is 5.43. The number of ether oxygens (including phenoxy) is 1. The van der Waals surface area contributed by atoms with E-state index in [1.165, 1.54) is 29.7 Å². The van der Waals surface area contributed by atoms with E-state index < -0.39 is 0 Å². The van der Waals surface area contributed by atoms with Gasteiger partial charge in [-0.1, -0.05) is 70.0 Å². The van der Waals surface area contributed by atoms with Crippen molar-refractivity contribution >= 4 is 17.3 Å². The van der Waals surface area contributed by atoms with Crippen LogP contribution in [0.2, 0.25) is 0 Å². The van der Waals surface area contributed by atoms with Crippen molar-refractivity contribution in [2.75, 3.05) is 36.1 Å². The highest BCUT2D eigenvalue weighted by Crippen LogP contribution is 2.77. The van der Waals surface area contributed by atoms with Gasteiger partial charge in [-0.15, -0.1) is 6.58 Å². The summed E-state index contributed by atoms with van der Waals surface area (Å²) < 4.78 is 5.45. The summed E-state index contributed by atoms with van der Waals surface area (Å²) in [4.78, 5) is 16.5. The van der Waals surface area contributed by atoms with Crippen molar-refractivity contribution in [3.63, 3.8) is 0 Å². The Labute approximate surface area is 232 Å². The molecule has 4 aliphatic rings. The van der Waals surface area contributed by atoms with Gasteiger partial charge in [0.25, 0.3) is 0 Å². The highest BCUT2D eigenvalue weighted by Gasteiger charge is 2.73. The molecule has 2 heterocycles. The molecule has 1 amide bonds. The van der Waals surface area contributed by atoms with Crippen LogP contribution >= 0.6 is 0 Å². The van der Waals surface area contributed by atoms with Gasteiger partial charge >= 0.3 is 0 Å². The maximum Gasteiger partial charge on any atom is 0.224 e. The van der Waals surface area contributed by atoms with Gasteiger partial charge in [-0.05, 0) is 72.8 Å². The maximum absolute atomic E-state index is 12.2. The number of hydrogen-bond donors (Lipinski definition) is 0. The number of carbonyl (C=O) groups is 1. The second-order valence-electron chi connectivity index (χ2n) is 11.9. The molecule has 2 saturated carbocycles. The van der Waals surface area contributed by atoms with E-state index in [9.17, 15) is 4.79 Å². The number of amides is 1. The second kappa shape index (κ2) is 11.7. The minimum absolute atomic E-state index is 0. The fraction of sp³-hybridized carbons (Fsp3) is 0.559. The molecular weight excluding hydrogens is 468 g/mol. The van der Waals surface area contributed by atoms with Crippen LogP contribution in [-0.2, 0) is 14.9 Å². The van der Waals surface area contributed by atoms with Crippen molar-refractivity contribution in [2.45, 2.75) is 78.7 Å². The van der Waals surface area contributed by atoms with Crippen LogP contribution in [0.5, 0.6) is 0 Å². The minimum atomic E-state index is 0. The Morgan fingerprint density at radius 1 is 1.11 bits per heavy atom. The van der Waals surface area contributed by atoms with Crippen molar-refractivity contribution in [3.05, 3.63) is 71.8 Å². The molecule has 2 aromatic carbocycles. The number of nitrogens with zero attached hydrogens (tertiary/aromatic N) is 2. The standard InChI is InChI=1S/C19H26N2O2.C12H14.C3H8.H2/c1-5-17-13(2)14(3)21(15(4)22)19-7-6-16(12-18(17)19)20-8-10-23-11-9-20;1-8-3-5-9(6-4-8)12(2)10-7-11(10)12;1-3-2;/h5-7,12-14,17H,1,8-11H2,2-4H3;3-6,10-11H,7H2,1-2H3;3H2,1-2H3;1H/t13-,14-,17+;;;/m0.../s1. The first-order chi connectivity index (χ1) is 18.2. The average molecular weight is 519 g/mol. The van der Waals surface area contributed by atoms with Crippen LogP contribution in [-0.4, -0.2) is 38.3 Å². The number of carbonyl (C=O) groups excluding carboxylic acids is 1. The number of aryl methyl sites for hydroxylation is 1. The number of morpholine rings is 1. The first kappa shape index (κ1) is 28.4. The number of allylic oxidation sites excluding steroid dienone is 1. The Kier molecular flexibility index (Phi) is 8.72. The zero-order chi connectivity index (χ0) is 27.6. The van der Waals surface area contributed by atoms with Crippen molar-refractivity contribution in [2.24, 2.45) is 17.8 Å². The van der Waals surface area contributed by atoms with E-state index in [2.05, 4.69) is 95.5 Å². The Morgan fingerprint density at radius 3 is 2.21 bits per heavy atom. The predicted octanol–water partition coefficient (Wildman–Crippen LogP) is 7.75. The van der Waals surface area contributed by atoms with Gasteiger partial charge in [0.1, 0.15) is 0 Å². The van der Waals surface area contributed by atoms with Crippen LogP contribution in [0.3, 0.4) is 0 Å². The molecule has 4 nitrogen and oxygen atoms in total. The van der Waals surface area contributed by atoms with Crippen LogP contribution in [0.1, 0.15) is 78.4 Å². The number of anilines is 2. The second-order valence-corrected chi connectivity index (χ2v) is 11.9. The lowest BCUT2D eigenvalue weighted by Crippen LogP contribution is -2.46. The molecule has 5 atom stereocenters. The normalized spacial score (nSPS) is 30.4. The molecule has 1 saturated heterocycles. The Balaban J connectivity index is 0.000000219. The van der Waals surface area contributed by atoms with Crippen LogP contribution < -0.4 is 9.80 Å². The van der Waals surface area contributed by atoms with Crippen molar-refractivity contribution in [1.29, 1.82) is 0 Å². The summed E-state index contributed by atoms with van der Waals surface area (Å²) in [6.07, 6.45) is 4.77. The highest BCUT2D eigenvalue weighted by molar-refractivity contribution is 5.94. The summed E-state index contributed by atoms with van der Waals surface area (Å²) in [6.45, 7) is 22.2. The zero-order valence-electron chi connectivity index (χ0n) is 24.7. The third-order valence-electron chi connectivity index (χ3n) is 9.23. The minimum Gasteiger partial charge on any atom is -0.378 e. The Bertz CT molecular complexity index is 1120. The first-order valence-electron chi connectivity index (χ1n) is 14.6. The van der Waals surface area contributed by atoms with Gasteiger partial charge < -0.3 is 14.5 Å². The van der Waals surface area contributed by atoms with E-state index in [1.807, 2.05) is 11.0 Å². The van der Waals surface area contributed by atoms with Crippen molar-refractivity contribution in [1.82, 2.24) is 0 Å². The quantitative estimate of drug-likeness (QED) is 0.390. The van der Waals surface area contributed by atoms with E-state index >= 15 is 0 Å². The van der Waals surface area contributed by atoms with Crippen molar-refractivity contribution in [3.8, 4) is 0 Å². The molecule has 38 heavy (non-hydrogen) atoms. The smallest absolute Gasteiger partial charge is 0.224 e. The largest absolute Gasteiger partial charge is 0.378 e. The van der Waals surface area contributed by atoms with Crippen molar-refractivity contribution < 1.29 is 11.0 Å². The van der Waals surface area contributed by atoms with E-state index in [0.717, 1.165) is 43.8 Å². The van der Waals surface area contributed by atoms with Gasteiger partial charge in [0.15, 0.2) is 0 Å². The molecule has 2 aliphatic heterocycles. The summed E-state index contributed by atoms with van der Waals surface area (Å²) in [5, 5.41) is 0. The Morgan fingerprint density at radius 2 is 1.71 bits per heavy atom. The van der Waals surface area contributed by atoms with E-state index in [0.29, 0.717) is 11.3 Å². The van der Waals surface area contributed by atoms with Gasteiger partial charge in [0.05, 0.1) is 13.2 Å². The van der Waals surface area contributed by atoms with Crippen LogP contribution in [0.15, 0.2) is 55.1 Å². The topological polar surface area (TPSA) is 32.8 Å². The monoisotopic (exact) mass is 518 g/mol.